The second-order valence-electron chi connectivity index (χ2n) is 5.41. The molecule has 0 saturated carbocycles. The van der Waals surface area contributed by atoms with E-state index in [1.54, 1.807) is 6.07 Å². The number of pyridine rings is 1. The van der Waals surface area contributed by atoms with Gasteiger partial charge in [-0.2, -0.15) is 0 Å². The van der Waals surface area contributed by atoms with Crippen molar-refractivity contribution in [3.8, 4) is 11.4 Å². The number of esters is 1. The fourth-order valence-electron chi connectivity index (χ4n) is 2.88. The number of aromatic nitrogens is 2. The van der Waals surface area contributed by atoms with E-state index in [-0.39, 0.29) is 5.97 Å². The molecular weight excluding hydrogens is 254 g/mol. The molecule has 0 amide bonds. The van der Waals surface area contributed by atoms with Crippen LogP contribution >= 0.6 is 0 Å². The molecule has 3 aliphatic rings. The molecule has 1 N–H and O–H groups in total. The third kappa shape index (κ3) is 2.29. The topological polar surface area (TPSA) is 58.2 Å². The van der Waals surface area contributed by atoms with Crippen molar-refractivity contribution in [3.05, 3.63) is 29.6 Å². The Kier molecular flexibility index (Phi) is 3.44. The summed E-state index contributed by atoms with van der Waals surface area (Å²) in [7, 11) is 3.54. The summed E-state index contributed by atoms with van der Waals surface area (Å²) in [5.41, 5.74) is 3.58. The van der Waals surface area contributed by atoms with Crippen molar-refractivity contribution in [1.29, 1.82) is 0 Å². The van der Waals surface area contributed by atoms with Crippen LogP contribution in [0, 0.1) is 0 Å². The van der Waals surface area contributed by atoms with Gasteiger partial charge >= 0.3 is 5.97 Å². The molecule has 5 nitrogen and oxygen atoms in total. The predicted octanol–water partition coefficient (Wildman–Crippen LogP) is 2.11. The maximum atomic E-state index is 11.6. The fourth-order valence-corrected chi connectivity index (χ4v) is 2.88. The van der Waals surface area contributed by atoms with E-state index in [0.29, 0.717) is 11.6 Å². The highest BCUT2D eigenvalue weighted by Gasteiger charge is 2.24. The monoisotopic (exact) mass is 273 g/mol. The number of fused-ring (bicyclic) bond motifs is 1. The first-order valence-corrected chi connectivity index (χ1v) is 6.93. The van der Waals surface area contributed by atoms with Crippen LogP contribution in [0.25, 0.3) is 11.4 Å². The van der Waals surface area contributed by atoms with Crippen LogP contribution < -0.4 is 0 Å². The van der Waals surface area contributed by atoms with Crippen LogP contribution in [-0.2, 0) is 4.74 Å². The van der Waals surface area contributed by atoms with Crippen LogP contribution in [0.5, 0.6) is 0 Å². The Balaban J connectivity index is 1.94. The summed E-state index contributed by atoms with van der Waals surface area (Å²) in [6, 6.07) is 3.59. The van der Waals surface area contributed by atoms with Crippen molar-refractivity contribution >= 4 is 5.97 Å². The Labute approximate surface area is 118 Å². The molecular formula is C15H19N3O2. The first-order valence-electron chi connectivity index (χ1n) is 6.93. The number of piperidine rings is 1. The maximum Gasteiger partial charge on any atom is 0.354 e. The van der Waals surface area contributed by atoms with E-state index in [9.17, 15) is 4.79 Å². The number of likely N-dealkylation sites (tertiary alicyclic amines) is 1. The zero-order valence-corrected chi connectivity index (χ0v) is 11.8. The molecule has 1 saturated heterocycles. The highest BCUT2D eigenvalue weighted by molar-refractivity contribution is 5.88. The van der Waals surface area contributed by atoms with Crippen molar-refractivity contribution < 1.29 is 9.53 Å². The second-order valence-corrected chi connectivity index (χ2v) is 5.41. The molecule has 1 fully saturated rings. The summed E-state index contributed by atoms with van der Waals surface area (Å²) in [6.07, 6.45) is 4.21. The third-order valence-electron chi connectivity index (χ3n) is 4.12. The Morgan fingerprint density at radius 3 is 2.85 bits per heavy atom. The number of nitrogens with zero attached hydrogens (tertiary/aromatic N) is 2. The lowest BCUT2D eigenvalue weighted by Crippen LogP contribution is -2.29. The SMILES string of the molecule is COC(=O)c1ccc2ncc(C3CCN(C)CC3)c-2[nH]1. The zero-order chi connectivity index (χ0) is 14.1. The number of carbonyl (C=O) groups is 1. The lowest BCUT2D eigenvalue weighted by atomic mass is 9.89. The van der Waals surface area contributed by atoms with Gasteiger partial charge in [0.1, 0.15) is 5.69 Å². The van der Waals surface area contributed by atoms with Gasteiger partial charge in [-0.25, -0.2) is 4.79 Å². The molecule has 20 heavy (non-hydrogen) atoms. The molecule has 0 aromatic heterocycles. The summed E-state index contributed by atoms with van der Waals surface area (Å²) in [5, 5.41) is 0. The predicted molar refractivity (Wildman–Crippen MR) is 76.0 cm³/mol. The average molecular weight is 273 g/mol. The molecule has 0 spiro atoms. The van der Waals surface area contributed by atoms with Crippen molar-refractivity contribution in [2.75, 3.05) is 27.2 Å². The summed E-state index contributed by atoms with van der Waals surface area (Å²) in [6.45, 7) is 2.21. The van der Waals surface area contributed by atoms with Crippen molar-refractivity contribution in [2.45, 2.75) is 18.8 Å². The van der Waals surface area contributed by atoms with Crippen molar-refractivity contribution in [1.82, 2.24) is 14.9 Å². The molecule has 3 heterocycles. The molecule has 3 rings (SSSR count). The summed E-state index contributed by atoms with van der Waals surface area (Å²) in [4.78, 5) is 21.6. The average Bonchev–Trinajstić information content (AvgIpc) is 2.90. The summed E-state index contributed by atoms with van der Waals surface area (Å²) in [5.74, 6) is 0.169. The van der Waals surface area contributed by atoms with E-state index in [1.165, 1.54) is 12.7 Å². The number of rotatable bonds is 2. The number of carbonyl (C=O) groups excluding carboxylic acids is 1. The second kappa shape index (κ2) is 5.25. The molecule has 0 radical (unpaired) electrons. The third-order valence-corrected chi connectivity index (χ3v) is 4.12. The van der Waals surface area contributed by atoms with Gasteiger partial charge in [0.15, 0.2) is 0 Å². The zero-order valence-electron chi connectivity index (χ0n) is 11.8. The first-order chi connectivity index (χ1) is 9.69. The van der Waals surface area contributed by atoms with Gasteiger partial charge in [-0.05, 0) is 56.6 Å². The highest BCUT2D eigenvalue weighted by atomic mass is 16.5. The van der Waals surface area contributed by atoms with Crippen LogP contribution in [-0.4, -0.2) is 48.1 Å². The number of nitrogens with one attached hydrogen (secondary N) is 1. The van der Waals surface area contributed by atoms with Gasteiger partial charge < -0.3 is 14.6 Å². The minimum absolute atomic E-state index is 0.345. The van der Waals surface area contributed by atoms with Gasteiger partial charge in [0.05, 0.1) is 18.5 Å². The van der Waals surface area contributed by atoms with Gasteiger partial charge in [-0.3, -0.25) is 4.98 Å². The van der Waals surface area contributed by atoms with E-state index in [1.807, 2.05) is 12.3 Å². The first kappa shape index (κ1) is 13.1. The van der Waals surface area contributed by atoms with Gasteiger partial charge in [0.2, 0.25) is 0 Å². The van der Waals surface area contributed by atoms with Gasteiger partial charge in [-0.1, -0.05) is 0 Å². The quantitative estimate of drug-likeness (QED) is 0.851. The number of hydrogen-bond acceptors (Lipinski definition) is 4. The molecule has 0 aliphatic carbocycles. The molecule has 5 heteroatoms. The highest BCUT2D eigenvalue weighted by Crippen LogP contribution is 2.35. The maximum absolute atomic E-state index is 11.6. The summed E-state index contributed by atoms with van der Waals surface area (Å²) < 4.78 is 4.76. The molecule has 0 atom stereocenters. The van der Waals surface area contributed by atoms with E-state index in [4.69, 9.17) is 4.74 Å². The van der Waals surface area contributed by atoms with Gasteiger partial charge in [0.25, 0.3) is 0 Å². The number of methoxy groups -OCH3 is 1. The fraction of sp³-hybridized carbons (Fsp3) is 0.467. The van der Waals surface area contributed by atoms with Gasteiger partial charge in [0, 0.05) is 6.20 Å². The molecule has 3 aliphatic heterocycles. The van der Waals surface area contributed by atoms with E-state index < -0.39 is 0 Å². The van der Waals surface area contributed by atoms with Crippen LogP contribution in [0.1, 0.15) is 34.8 Å². The van der Waals surface area contributed by atoms with Gasteiger partial charge in [-0.15, -0.1) is 0 Å². The number of H-pyrrole nitrogens is 1. The number of ether oxygens (including phenoxy) is 1. The van der Waals surface area contributed by atoms with Crippen molar-refractivity contribution in [2.24, 2.45) is 0 Å². The number of hydrogen-bond donors (Lipinski definition) is 1. The lowest BCUT2D eigenvalue weighted by Gasteiger charge is -2.28. The molecule has 0 aromatic carbocycles. The lowest BCUT2D eigenvalue weighted by molar-refractivity contribution is 0.0594. The normalized spacial score (nSPS) is 17.5. The van der Waals surface area contributed by atoms with E-state index in [0.717, 1.165) is 37.3 Å². The Bertz CT molecular complexity index is 585. The van der Waals surface area contributed by atoms with Crippen LogP contribution in [0.3, 0.4) is 0 Å². The van der Waals surface area contributed by atoms with E-state index in [2.05, 4.69) is 21.9 Å². The van der Waals surface area contributed by atoms with Crippen LogP contribution in [0.15, 0.2) is 18.3 Å². The standard InChI is InChI=1S/C15H19N3O2/c1-18-7-5-10(6-8-18)11-9-16-12-3-4-13(15(19)20-2)17-14(11)12/h3-4,9-10,17H,5-8H2,1-2H3. The molecule has 0 bridgehead atoms. The van der Waals surface area contributed by atoms with Crippen LogP contribution in [0.4, 0.5) is 0 Å². The number of aromatic amines is 1. The van der Waals surface area contributed by atoms with Crippen LogP contribution in [0.2, 0.25) is 0 Å². The molecule has 0 unspecified atom stereocenters. The minimum Gasteiger partial charge on any atom is -0.464 e. The minimum atomic E-state index is -0.345. The Hall–Kier alpha value is -1.88. The molecule has 0 aromatic rings. The molecule has 106 valence electrons. The Morgan fingerprint density at radius 2 is 2.15 bits per heavy atom. The smallest absolute Gasteiger partial charge is 0.354 e. The Morgan fingerprint density at radius 1 is 1.40 bits per heavy atom. The summed E-state index contributed by atoms with van der Waals surface area (Å²) >= 11 is 0. The van der Waals surface area contributed by atoms with Crippen molar-refractivity contribution in [3.63, 3.8) is 0 Å². The largest absolute Gasteiger partial charge is 0.464 e. The van der Waals surface area contributed by atoms with E-state index >= 15 is 0 Å².